The van der Waals surface area contributed by atoms with Crippen LogP contribution in [0.15, 0.2) is 47.4 Å². The van der Waals surface area contributed by atoms with Crippen LogP contribution in [0, 0.1) is 0 Å². The second-order valence-electron chi connectivity index (χ2n) is 4.04. The summed E-state index contributed by atoms with van der Waals surface area (Å²) in [7, 11) is -3.28. The van der Waals surface area contributed by atoms with E-state index in [1.54, 1.807) is 12.1 Å². The molecular formula is C13H12O4S. The molecule has 94 valence electrons. The number of aromatic hydroxyl groups is 2. The minimum atomic E-state index is -3.28. The van der Waals surface area contributed by atoms with E-state index in [0.29, 0.717) is 11.1 Å². The largest absolute Gasteiger partial charge is 0.508 e. The smallest absolute Gasteiger partial charge is 0.175 e. The fraction of sp³-hybridized carbons (Fsp3) is 0.0769. The van der Waals surface area contributed by atoms with Gasteiger partial charge < -0.3 is 10.2 Å². The lowest BCUT2D eigenvalue weighted by Gasteiger charge is -2.05. The molecule has 2 N–H and O–H groups in total. The Labute approximate surface area is 105 Å². The highest BCUT2D eigenvalue weighted by Crippen LogP contribution is 2.29. The summed E-state index contributed by atoms with van der Waals surface area (Å²) in [5, 5.41) is 18.8. The van der Waals surface area contributed by atoms with E-state index in [4.69, 9.17) is 0 Å². The molecule has 2 aromatic carbocycles. The fourth-order valence-electron chi connectivity index (χ4n) is 1.67. The van der Waals surface area contributed by atoms with Gasteiger partial charge in [0.05, 0.1) is 4.90 Å². The third-order valence-electron chi connectivity index (χ3n) is 2.50. The standard InChI is InChI=1S/C13H12O4S/c1-18(16,17)13-4-2-3-9(7-13)10-5-11(14)8-12(15)6-10/h2-8,14-15H,1H3. The van der Waals surface area contributed by atoms with Gasteiger partial charge in [0.25, 0.3) is 0 Å². The van der Waals surface area contributed by atoms with E-state index in [-0.39, 0.29) is 16.4 Å². The Morgan fingerprint density at radius 3 is 2.06 bits per heavy atom. The molecule has 0 aromatic heterocycles. The molecule has 5 heteroatoms. The van der Waals surface area contributed by atoms with Crippen LogP contribution in [0.25, 0.3) is 11.1 Å². The molecule has 0 saturated carbocycles. The number of rotatable bonds is 2. The Morgan fingerprint density at radius 1 is 0.889 bits per heavy atom. The van der Waals surface area contributed by atoms with Crippen LogP contribution < -0.4 is 0 Å². The van der Waals surface area contributed by atoms with Crippen molar-refractivity contribution >= 4 is 9.84 Å². The number of sulfone groups is 1. The van der Waals surface area contributed by atoms with Crippen LogP contribution in [0.5, 0.6) is 11.5 Å². The summed E-state index contributed by atoms with van der Waals surface area (Å²) < 4.78 is 22.9. The maximum Gasteiger partial charge on any atom is 0.175 e. The number of benzene rings is 2. The second-order valence-corrected chi connectivity index (χ2v) is 6.05. The topological polar surface area (TPSA) is 74.6 Å². The SMILES string of the molecule is CS(=O)(=O)c1cccc(-c2cc(O)cc(O)c2)c1. The van der Waals surface area contributed by atoms with Gasteiger partial charge in [0.2, 0.25) is 0 Å². The van der Waals surface area contributed by atoms with E-state index in [2.05, 4.69) is 0 Å². The molecule has 0 aliphatic heterocycles. The molecule has 0 fully saturated rings. The van der Waals surface area contributed by atoms with Gasteiger partial charge in [-0.3, -0.25) is 0 Å². The predicted octanol–water partition coefficient (Wildman–Crippen LogP) is 2.17. The highest BCUT2D eigenvalue weighted by molar-refractivity contribution is 7.90. The van der Waals surface area contributed by atoms with Crippen molar-refractivity contribution in [2.24, 2.45) is 0 Å². The van der Waals surface area contributed by atoms with Crippen LogP contribution in [0.2, 0.25) is 0 Å². The molecule has 0 amide bonds. The molecule has 0 radical (unpaired) electrons. The fourth-order valence-corrected chi connectivity index (χ4v) is 2.33. The van der Waals surface area contributed by atoms with E-state index < -0.39 is 9.84 Å². The van der Waals surface area contributed by atoms with E-state index in [1.165, 1.54) is 30.3 Å². The third kappa shape index (κ3) is 2.62. The number of hydrogen-bond acceptors (Lipinski definition) is 4. The molecule has 0 aliphatic rings. The lowest BCUT2D eigenvalue weighted by atomic mass is 10.1. The Hall–Kier alpha value is -2.01. The van der Waals surface area contributed by atoms with Gasteiger partial charge in [-0.25, -0.2) is 8.42 Å². The molecule has 0 bridgehead atoms. The van der Waals surface area contributed by atoms with Gasteiger partial charge in [-0.1, -0.05) is 12.1 Å². The lowest BCUT2D eigenvalue weighted by Crippen LogP contribution is -1.96. The molecule has 0 atom stereocenters. The second kappa shape index (κ2) is 4.34. The first kappa shape index (κ1) is 12.4. The Morgan fingerprint density at radius 2 is 1.50 bits per heavy atom. The van der Waals surface area contributed by atoms with Crippen LogP contribution in [0.3, 0.4) is 0 Å². The number of phenols is 2. The third-order valence-corrected chi connectivity index (χ3v) is 3.61. The summed E-state index contributed by atoms with van der Waals surface area (Å²) >= 11 is 0. The van der Waals surface area contributed by atoms with Gasteiger partial charge in [-0.05, 0) is 35.4 Å². The Kier molecular flexibility index (Phi) is 3.00. The van der Waals surface area contributed by atoms with Crippen LogP contribution in [0.4, 0.5) is 0 Å². The van der Waals surface area contributed by atoms with Crippen molar-refractivity contribution in [1.29, 1.82) is 0 Å². The molecule has 0 aliphatic carbocycles. The number of phenolic OH excluding ortho intramolecular Hbond substituents is 2. The minimum absolute atomic E-state index is 0.0743. The summed E-state index contributed by atoms with van der Waals surface area (Å²) in [5.41, 5.74) is 1.17. The molecular weight excluding hydrogens is 252 g/mol. The van der Waals surface area contributed by atoms with Gasteiger partial charge in [-0.2, -0.15) is 0 Å². The molecule has 2 aromatic rings. The zero-order valence-corrected chi connectivity index (χ0v) is 10.5. The summed E-state index contributed by atoms with van der Waals surface area (Å²) in [6, 6.07) is 10.5. The van der Waals surface area contributed by atoms with Crippen molar-refractivity contribution in [3.8, 4) is 22.6 Å². The highest BCUT2D eigenvalue weighted by Gasteiger charge is 2.09. The van der Waals surface area contributed by atoms with Gasteiger partial charge in [0.1, 0.15) is 11.5 Å². The number of hydrogen-bond donors (Lipinski definition) is 2. The summed E-state index contributed by atoms with van der Waals surface area (Å²) in [4.78, 5) is 0.197. The zero-order chi connectivity index (χ0) is 13.3. The predicted molar refractivity (Wildman–Crippen MR) is 68.3 cm³/mol. The monoisotopic (exact) mass is 264 g/mol. The zero-order valence-electron chi connectivity index (χ0n) is 9.66. The Balaban J connectivity index is 2.58. The van der Waals surface area contributed by atoms with Crippen LogP contribution >= 0.6 is 0 Å². The van der Waals surface area contributed by atoms with E-state index in [1.807, 2.05) is 0 Å². The molecule has 4 nitrogen and oxygen atoms in total. The van der Waals surface area contributed by atoms with Crippen LogP contribution in [-0.4, -0.2) is 24.9 Å². The van der Waals surface area contributed by atoms with Crippen molar-refractivity contribution in [1.82, 2.24) is 0 Å². The van der Waals surface area contributed by atoms with Crippen molar-refractivity contribution in [2.45, 2.75) is 4.90 Å². The first-order valence-electron chi connectivity index (χ1n) is 5.20. The average Bonchev–Trinajstić information content (AvgIpc) is 2.27. The maximum absolute atomic E-state index is 11.5. The Bertz CT molecular complexity index is 670. The summed E-state index contributed by atoms with van der Waals surface area (Å²) in [6.07, 6.45) is 1.13. The van der Waals surface area contributed by atoms with E-state index in [0.717, 1.165) is 6.26 Å². The van der Waals surface area contributed by atoms with Crippen molar-refractivity contribution in [2.75, 3.05) is 6.26 Å². The van der Waals surface area contributed by atoms with E-state index >= 15 is 0 Å². The van der Waals surface area contributed by atoms with Gasteiger partial charge in [0.15, 0.2) is 9.84 Å². The van der Waals surface area contributed by atoms with Crippen LogP contribution in [0.1, 0.15) is 0 Å². The minimum Gasteiger partial charge on any atom is -0.508 e. The lowest BCUT2D eigenvalue weighted by molar-refractivity contribution is 0.451. The molecule has 2 rings (SSSR count). The quantitative estimate of drug-likeness (QED) is 0.871. The molecule has 0 spiro atoms. The first-order valence-corrected chi connectivity index (χ1v) is 7.09. The van der Waals surface area contributed by atoms with Crippen LogP contribution in [-0.2, 0) is 9.84 Å². The maximum atomic E-state index is 11.5. The normalized spacial score (nSPS) is 11.4. The molecule has 0 heterocycles. The molecule has 18 heavy (non-hydrogen) atoms. The van der Waals surface area contributed by atoms with Gasteiger partial charge in [0, 0.05) is 12.3 Å². The van der Waals surface area contributed by atoms with Crippen molar-refractivity contribution in [3.05, 3.63) is 42.5 Å². The highest BCUT2D eigenvalue weighted by atomic mass is 32.2. The summed E-state index contributed by atoms with van der Waals surface area (Å²) in [5.74, 6) is -0.149. The van der Waals surface area contributed by atoms with Crippen molar-refractivity contribution in [3.63, 3.8) is 0 Å². The van der Waals surface area contributed by atoms with E-state index in [9.17, 15) is 18.6 Å². The van der Waals surface area contributed by atoms with Crippen molar-refractivity contribution < 1.29 is 18.6 Å². The molecule has 0 unspecified atom stereocenters. The summed E-state index contributed by atoms with van der Waals surface area (Å²) in [6.45, 7) is 0. The van der Waals surface area contributed by atoms with Gasteiger partial charge in [-0.15, -0.1) is 0 Å². The first-order chi connectivity index (χ1) is 8.36. The average molecular weight is 264 g/mol. The molecule has 0 saturated heterocycles. The van der Waals surface area contributed by atoms with Gasteiger partial charge >= 0.3 is 0 Å².